The molecule has 1 rings (SSSR count). The molecule has 0 aliphatic carbocycles. The third kappa shape index (κ3) is 3.09. The van der Waals surface area contributed by atoms with Crippen LogP contribution in [0.1, 0.15) is 0 Å². The Morgan fingerprint density at radius 2 is 1.78 bits per heavy atom. The van der Waals surface area contributed by atoms with Gasteiger partial charge in [-0.2, -0.15) is 13.2 Å². The molecule has 1 aliphatic rings. The van der Waals surface area contributed by atoms with Crippen LogP contribution in [0.5, 0.6) is 0 Å². The molecule has 5 N–H and O–H groups in total. The Kier molecular flexibility index (Phi) is 4.50. The Morgan fingerprint density at radius 1 is 1.22 bits per heavy atom. The lowest BCUT2D eigenvalue weighted by molar-refractivity contribution is -0.256. The van der Waals surface area contributed by atoms with Crippen LogP contribution >= 0.6 is 0 Å². The van der Waals surface area contributed by atoms with Gasteiger partial charge in [0.05, 0.1) is 6.61 Å². The lowest BCUT2D eigenvalue weighted by Crippen LogP contribution is -2.65. The molecule has 0 aromatic heterocycles. The number of rotatable bonds is 2. The second kappa shape index (κ2) is 5.36. The molecule has 0 radical (unpaired) electrons. The van der Waals surface area contributed by atoms with Crippen molar-refractivity contribution in [1.82, 2.24) is 5.32 Å². The van der Waals surface area contributed by atoms with Crippen molar-refractivity contribution in [2.75, 3.05) is 6.61 Å². The number of carbonyl (C=O) groups is 1. The highest BCUT2D eigenvalue weighted by Crippen LogP contribution is 2.21. The first kappa shape index (κ1) is 15.1. The molecule has 7 nitrogen and oxygen atoms in total. The summed E-state index contributed by atoms with van der Waals surface area (Å²) in [6.45, 7) is -0.755. The standard InChI is InChI=1S/C8H12F3NO6/c9-8(10,11)7(17)12-3-5(15)4(14)2(1-13)18-6(3)16/h2-6,13-16H,1H2,(H,12,17)/t2-,3-,4+,5-,6?/m1/s1. The summed E-state index contributed by atoms with van der Waals surface area (Å²) >= 11 is 0. The zero-order chi connectivity index (χ0) is 14.1. The van der Waals surface area contributed by atoms with E-state index in [0.29, 0.717) is 0 Å². The highest BCUT2D eigenvalue weighted by atomic mass is 19.4. The summed E-state index contributed by atoms with van der Waals surface area (Å²) in [5.41, 5.74) is 0. The fourth-order valence-corrected chi connectivity index (χ4v) is 1.49. The van der Waals surface area contributed by atoms with Crippen LogP contribution in [0.15, 0.2) is 0 Å². The van der Waals surface area contributed by atoms with Gasteiger partial charge in [-0.05, 0) is 0 Å². The normalized spacial score (nSPS) is 37.4. The molecule has 5 atom stereocenters. The average molecular weight is 275 g/mol. The average Bonchev–Trinajstić information content (AvgIpc) is 2.27. The Morgan fingerprint density at radius 3 is 2.22 bits per heavy atom. The highest BCUT2D eigenvalue weighted by molar-refractivity contribution is 5.82. The molecule has 0 aromatic rings. The molecule has 106 valence electrons. The molecule has 0 bridgehead atoms. The van der Waals surface area contributed by atoms with E-state index in [2.05, 4.69) is 4.74 Å². The molecule has 1 fully saturated rings. The van der Waals surface area contributed by atoms with Crippen LogP contribution in [-0.4, -0.2) is 69.8 Å². The number of hydrogen-bond acceptors (Lipinski definition) is 6. The molecule has 1 saturated heterocycles. The van der Waals surface area contributed by atoms with E-state index in [4.69, 9.17) is 5.11 Å². The summed E-state index contributed by atoms with van der Waals surface area (Å²) in [7, 11) is 0. The molecule has 1 amide bonds. The van der Waals surface area contributed by atoms with Gasteiger partial charge in [-0.1, -0.05) is 0 Å². The molecule has 1 aliphatic heterocycles. The first-order valence-electron chi connectivity index (χ1n) is 4.86. The van der Waals surface area contributed by atoms with Crippen molar-refractivity contribution in [3.05, 3.63) is 0 Å². The summed E-state index contributed by atoms with van der Waals surface area (Å²) in [6, 6.07) is -1.85. The predicted octanol–water partition coefficient (Wildman–Crippen LogP) is -2.54. The molecule has 0 aromatic carbocycles. The van der Waals surface area contributed by atoms with Crippen LogP contribution in [0.2, 0.25) is 0 Å². The number of carbonyl (C=O) groups excluding carboxylic acids is 1. The van der Waals surface area contributed by atoms with Crippen LogP contribution < -0.4 is 5.32 Å². The lowest BCUT2D eigenvalue weighted by atomic mass is 9.97. The van der Waals surface area contributed by atoms with E-state index < -0.39 is 49.3 Å². The van der Waals surface area contributed by atoms with Crippen molar-refractivity contribution in [2.45, 2.75) is 36.8 Å². The van der Waals surface area contributed by atoms with Gasteiger partial charge in [0.15, 0.2) is 6.29 Å². The van der Waals surface area contributed by atoms with Gasteiger partial charge in [0.25, 0.3) is 0 Å². The van der Waals surface area contributed by atoms with Gasteiger partial charge in [-0.15, -0.1) is 0 Å². The van der Waals surface area contributed by atoms with Gasteiger partial charge in [0, 0.05) is 0 Å². The number of aliphatic hydroxyl groups excluding tert-OH is 4. The number of aliphatic hydroxyl groups is 4. The summed E-state index contributed by atoms with van der Waals surface area (Å²) < 4.78 is 40.5. The van der Waals surface area contributed by atoms with E-state index in [1.54, 1.807) is 0 Å². The monoisotopic (exact) mass is 275 g/mol. The maximum atomic E-state index is 12.0. The second-order valence-corrected chi connectivity index (χ2v) is 3.73. The van der Waals surface area contributed by atoms with Crippen LogP contribution in [-0.2, 0) is 9.53 Å². The summed E-state index contributed by atoms with van der Waals surface area (Å²) in [4.78, 5) is 10.6. The third-order valence-electron chi connectivity index (χ3n) is 2.46. The Labute approximate surface area is 98.8 Å². The van der Waals surface area contributed by atoms with Crippen molar-refractivity contribution < 1.29 is 43.1 Å². The van der Waals surface area contributed by atoms with E-state index in [1.165, 1.54) is 5.32 Å². The Bertz CT molecular complexity index is 312. The van der Waals surface area contributed by atoms with E-state index >= 15 is 0 Å². The number of nitrogens with one attached hydrogen (secondary N) is 1. The fraction of sp³-hybridized carbons (Fsp3) is 0.875. The zero-order valence-corrected chi connectivity index (χ0v) is 8.83. The smallest absolute Gasteiger partial charge is 0.394 e. The van der Waals surface area contributed by atoms with Gasteiger partial charge in [-0.25, -0.2) is 0 Å². The summed E-state index contributed by atoms with van der Waals surface area (Å²) in [5.74, 6) is -2.39. The topological polar surface area (TPSA) is 119 Å². The number of halogens is 3. The van der Waals surface area contributed by atoms with E-state index in [9.17, 15) is 33.3 Å². The predicted molar refractivity (Wildman–Crippen MR) is 48.0 cm³/mol. The first-order chi connectivity index (χ1) is 8.18. The highest BCUT2D eigenvalue weighted by Gasteiger charge is 2.48. The fourth-order valence-electron chi connectivity index (χ4n) is 1.49. The van der Waals surface area contributed by atoms with Crippen LogP contribution in [0.4, 0.5) is 13.2 Å². The Balaban J connectivity index is 2.74. The number of ether oxygens (including phenoxy) is 1. The Hall–Kier alpha value is -0.940. The largest absolute Gasteiger partial charge is 0.471 e. The first-order valence-corrected chi connectivity index (χ1v) is 4.86. The third-order valence-corrected chi connectivity index (χ3v) is 2.46. The van der Waals surface area contributed by atoms with Crippen molar-refractivity contribution in [3.63, 3.8) is 0 Å². The van der Waals surface area contributed by atoms with Gasteiger partial charge in [0.2, 0.25) is 0 Å². The maximum Gasteiger partial charge on any atom is 0.471 e. The molecule has 18 heavy (non-hydrogen) atoms. The van der Waals surface area contributed by atoms with E-state index in [0.717, 1.165) is 0 Å². The molecule has 10 heteroatoms. The summed E-state index contributed by atoms with van der Waals surface area (Å²) in [5, 5.41) is 38.1. The van der Waals surface area contributed by atoms with E-state index in [1.807, 2.05) is 0 Å². The van der Waals surface area contributed by atoms with Crippen molar-refractivity contribution >= 4 is 5.91 Å². The molecule has 0 saturated carbocycles. The minimum absolute atomic E-state index is 0.755. The quantitative estimate of drug-likeness (QED) is 0.379. The minimum atomic E-state index is -5.20. The van der Waals surface area contributed by atoms with Gasteiger partial charge in [-0.3, -0.25) is 4.79 Å². The number of alkyl halides is 3. The summed E-state index contributed by atoms with van der Waals surface area (Å²) in [6.07, 6.45) is -12.2. The molecular weight excluding hydrogens is 263 g/mol. The lowest BCUT2D eigenvalue weighted by Gasteiger charge is -2.40. The zero-order valence-electron chi connectivity index (χ0n) is 8.83. The second-order valence-electron chi connectivity index (χ2n) is 3.73. The van der Waals surface area contributed by atoms with Gasteiger partial charge in [0.1, 0.15) is 24.4 Å². The van der Waals surface area contributed by atoms with Crippen molar-refractivity contribution in [2.24, 2.45) is 0 Å². The van der Waals surface area contributed by atoms with Crippen LogP contribution in [0.25, 0.3) is 0 Å². The number of hydrogen-bond donors (Lipinski definition) is 5. The number of amides is 1. The minimum Gasteiger partial charge on any atom is -0.394 e. The van der Waals surface area contributed by atoms with E-state index in [-0.39, 0.29) is 0 Å². The molecule has 0 spiro atoms. The van der Waals surface area contributed by atoms with Crippen molar-refractivity contribution in [3.8, 4) is 0 Å². The SMILES string of the molecule is O=C(N[C@H]1C(O)O[C@H](CO)[C@H](O)[C@@H]1O)C(F)(F)F. The van der Waals surface area contributed by atoms with Crippen LogP contribution in [0.3, 0.4) is 0 Å². The van der Waals surface area contributed by atoms with Gasteiger partial charge < -0.3 is 30.5 Å². The molecular formula is C8H12F3NO6. The van der Waals surface area contributed by atoms with Crippen molar-refractivity contribution in [1.29, 1.82) is 0 Å². The van der Waals surface area contributed by atoms with Crippen LogP contribution in [0, 0.1) is 0 Å². The maximum absolute atomic E-state index is 12.0. The molecule has 1 heterocycles. The molecule has 1 unspecified atom stereocenters. The van der Waals surface area contributed by atoms with Gasteiger partial charge >= 0.3 is 12.1 Å².